The number of carbonyl (C=O) groups is 2. The third kappa shape index (κ3) is 13.1. The SMILES string of the molecule is C=CCOc1ccc(CCC(=O)N2CCN(c3ccc(O)cc3)CC2)cc1OCC=C.C=CCOc1ccc(CCC(=O)O)cc1OCC=C. The van der Waals surface area contributed by atoms with Gasteiger partial charge in [-0.15, -0.1) is 0 Å². The Balaban J connectivity index is 0.000000305. The Kier molecular flexibility index (Phi) is 16.6. The number of carboxylic acids is 1. The lowest BCUT2D eigenvalue weighted by Crippen LogP contribution is -2.48. The molecule has 0 atom stereocenters. The molecule has 10 heteroatoms. The maximum absolute atomic E-state index is 12.7. The first-order valence-electron chi connectivity index (χ1n) is 16.5. The van der Waals surface area contributed by atoms with Crippen LogP contribution in [-0.2, 0) is 22.4 Å². The Morgan fingerprint density at radius 1 is 0.620 bits per heavy atom. The molecule has 3 aromatic carbocycles. The molecule has 0 radical (unpaired) electrons. The number of rotatable bonds is 19. The van der Waals surface area contributed by atoms with E-state index in [1.807, 2.05) is 41.3 Å². The second-order valence-corrected chi connectivity index (χ2v) is 11.2. The minimum absolute atomic E-state index is 0.0910. The van der Waals surface area contributed by atoms with Crippen LogP contribution in [0.1, 0.15) is 24.0 Å². The summed E-state index contributed by atoms with van der Waals surface area (Å²) in [7, 11) is 0. The smallest absolute Gasteiger partial charge is 0.303 e. The first-order valence-corrected chi connectivity index (χ1v) is 16.5. The van der Waals surface area contributed by atoms with Gasteiger partial charge in [0.25, 0.3) is 0 Å². The van der Waals surface area contributed by atoms with Crippen molar-refractivity contribution in [3.63, 3.8) is 0 Å². The van der Waals surface area contributed by atoms with Crippen LogP contribution in [-0.4, -0.2) is 79.6 Å². The first-order chi connectivity index (χ1) is 24.3. The second kappa shape index (κ2) is 21.4. The van der Waals surface area contributed by atoms with Crippen molar-refractivity contribution in [2.75, 3.05) is 57.5 Å². The number of aliphatic carboxylic acids is 1. The monoisotopic (exact) mass is 684 g/mol. The molecule has 10 nitrogen and oxygen atoms in total. The summed E-state index contributed by atoms with van der Waals surface area (Å²) in [5.74, 6) is 2.10. The number of aromatic hydroxyl groups is 1. The fourth-order valence-electron chi connectivity index (χ4n) is 5.01. The van der Waals surface area contributed by atoms with Crippen LogP contribution >= 0.6 is 0 Å². The van der Waals surface area contributed by atoms with Crippen molar-refractivity contribution in [3.8, 4) is 28.7 Å². The fourth-order valence-corrected chi connectivity index (χ4v) is 5.01. The van der Waals surface area contributed by atoms with Gasteiger partial charge in [0.2, 0.25) is 5.91 Å². The van der Waals surface area contributed by atoms with E-state index in [0.29, 0.717) is 81.8 Å². The van der Waals surface area contributed by atoms with Crippen molar-refractivity contribution in [1.29, 1.82) is 0 Å². The predicted molar refractivity (Wildman–Crippen MR) is 197 cm³/mol. The van der Waals surface area contributed by atoms with E-state index in [1.165, 1.54) is 0 Å². The average molecular weight is 685 g/mol. The van der Waals surface area contributed by atoms with E-state index >= 15 is 0 Å². The van der Waals surface area contributed by atoms with Crippen molar-refractivity contribution in [2.24, 2.45) is 0 Å². The van der Waals surface area contributed by atoms with Crippen LogP contribution in [0.25, 0.3) is 0 Å². The number of phenols is 1. The third-order valence-electron chi connectivity index (χ3n) is 7.55. The van der Waals surface area contributed by atoms with Gasteiger partial charge in [0.15, 0.2) is 23.0 Å². The molecule has 0 aliphatic carbocycles. The summed E-state index contributed by atoms with van der Waals surface area (Å²) in [6.45, 7) is 19.0. The summed E-state index contributed by atoms with van der Waals surface area (Å²) in [6, 6.07) is 18.4. The molecule has 0 unspecified atom stereocenters. The number of carboxylic acid groups (broad SMARTS) is 1. The molecule has 2 N–H and O–H groups in total. The summed E-state index contributed by atoms with van der Waals surface area (Å²) in [4.78, 5) is 27.4. The van der Waals surface area contributed by atoms with Gasteiger partial charge in [-0.1, -0.05) is 62.8 Å². The zero-order chi connectivity index (χ0) is 36.1. The van der Waals surface area contributed by atoms with Crippen LogP contribution in [0.3, 0.4) is 0 Å². The third-order valence-corrected chi connectivity index (χ3v) is 7.55. The molecular formula is C40H48N2O8. The van der Waals surface area contributed by atoms with E-state index < -0.39 is 5.97 Å². The molecule has 1 heterocycles. The molecule has 4 rings (SSSR count). The summed E-state index contributed by atoms with van der Waals surface area (Å²) in [6.07, 6.45) is 8.30. The first kappa shape index (κ1) is 38.8. The van der Waals surface area contributed by atoms with Gasteiger partial charge in [-0.3, -0.25) is 9.59 Å². The Morgan fingerprint density at radius 3 is 1.50 bits per heavy atom. The minimum atomic E-state index is -0.819. The largest absolute Gasteiger partial charge is 0.508 e. The molecule has 266 valence electrons. The van der Waals surface area contributed by atoms with E-state index in [1.54, 1.807) is 48.6 Å². The van der Waals surface area contributed by atoms with Crippen LogP contribution < -0.4 is 23.8 Å². The molecule has 50 heavy (non-hydrogen) atoms. The normalized spacial score (nSPS) is 12.1. The Labute approximate surface area is 295 Å². The Hall–Kier alpha value is -5.64. The maximum Gasteiger partial charge on any atom is 0.303 e. The van der Waals surface area contributed by atoms with E-state index in [4.69, 9.17) is 24.1 Å². The summed E-state index contributed by atoms with van der Waals surface area (Å²) >= 11 is 0. The molecule has 1 aliphatic rings. The van der Waals surface area contributed by atoms with Gasteiger partial charge in [-0.25, -0.2) is 0 Å². The van der Waals surface area contributed by atoms with Crippen molar-refractivity contribution < 1.29 is 38.7 Å². The van der Waals surface area contributed by atoms with E-state index in [0.717, 1.165) is 29.9 Å². The van der Waals surface area contributed by atoms with Gasteiger partial charge in [-0.05, 0) is 72.5 Å². The number of anilines is 1. The van der Waals surface area contributed by atoms with Crippen molar-refractivity contribution in [2.45, 2.75) is 25.7 Å². The number of carbonyl (C=O) groups excluding carboxylic acids is 1. The molecular weight excluding hydrogens is 636 g/mol. The lowest BCUT2D eigenvalue weighted by molar-refractivity contribution is -0.137. The molecule has 3 aromatic rings. The second-order valence-electron chi connectivity index (χ2n) is 11.2. The highest BCUT2D eigenvalue weighted by Gasteiger charge is 2.21. The topological polar surface area (TPSA) is 118 Å². The maximum atomic E-state index is 12.7. The minimum Gasteiger partial charge on any atom is -0.508 e. The van der Waals surface area contributed by atoms with Crippen molar-refractivity contribution in [1.82, 2.24) is 4.90 Å². The molecule has 0 bridgehead atoms. The highest BCUT2D eigenvalue weighted by Crippen LogP contribution is 2.30. The van der Waals surface area contributed by atoms with E-state index in [9.17, 15) is 14.7 Å². The van der Waals surface area contributed by atoms with Gasteiger partial charge in [0.05, 0.1) is 0 Å². The molecule has 1 amide bonds. The highest BCUT2D eigenvalue weighted by molar-refractivity contribution is 5.77. The molecule has 0 aromatic heterocycles. The number of piperazine rings is 1. The van der Waals surface area contributed by atoms with Gasteiger partial charge in [0.1, 0.15) is 32.2 Å². The lowest BCUT2D eigenvalue weighted by Gasteiger charge is -2.36. The summed E-state index contributed by atoms with van der Waals surface area (Å²) in [5, 5.41) is 18.1. The standard InChI is InChI=1S/C25H30N2O4.C15H18O4/c1-3-17-30-23-11-5-20(19-24(23)31-18-4-2)6-12-25(29)27-15-13-26(14-16-27)21-7-9-22(28)10-8-21;1-3-9-18-13-7-5-12(6-8-15(16)17)11-14(13)19-10-4-2/h3-5,7-11,19,28H,1-2,6,12-18H2;3-5,7,11H,1-2,6,8-10H2,(H,16,17). The number of nitrogens with zero attached hydrogens (tertiary/aromatic N) is 2. The number of phenolic OH excluding ortho intramolecular Hbond substituents is 1. The van der Waals surface area contributed by atoms with Gasteiger partial charge in [-0.2, -0.15) is 0 Å². The molecule has 0 spiro atoms. The van der Waals surface area contributed by atoms with Crippen LogP contribution in [0.2, 0.25) is 0 Å². The van der Waals surface area contributed by atoms with Gasteiger partial charge in [0, 0.05) is 44.7 Å². The van der Waals surface area contributed by atoms with Gasteiger partial charge >= 0.3 is 5.97 Å². The Bertz CT molecular complexity index is 1560. The van der Waals surface area contributed by atoms with E-state index in [-0.39, 0.29) is 18.1 Å². The highest BCUT2D eigenvalue weighted by atomic mass is 16.5. The fraction of sp³-hybridized carbons (Fsp3) is 0.300. The molecule has 1 fully saturated rings. The molecule has 0 saturated carbocycles. The van der Waals surface area contributed by atoms with Crippen LogP contribution in [0.15, 0.2) is 111 Å². The number of ether oxygens (including phenoxy) is 4. The number of aryl methyl sites for hydroxylation is 2. The van der Waals surface area contributed by atoms with Crippen LogP contribution in [0.5, 0.6) is 28.7 Å². The van der Waals surface area contributed by atoms with Crippen molar-refractivity contribution in [3.05, 3.63) is 122 Å². The zero-order valence-electron chi connectivity index (χ0n) is 28.6. The summed E-state index contributed by atoms with van der Waals surface area (Å²) in [5.41, 5.74) is 2.99. The lowest BCUT2D eigenvalue weighted by atomic mass is 10.1. The number of amides is 1. The van der Waals surface area contributed by atoms with Crippen molar-refractivity contribution >= 4 is 17.6 Å². The van der Waals surface area contributed by atoms with Gasteiger partial charge < -0.3 is 39.0 Å². The zero-order valence-corrected chi connectivity index (χ0v) is 28.6. The number of benzene rings is 3. The number of hydrogen-bond donors (Lipinski definition) is 2. The predicted octanol–water partition coefficient (Wildman–Crippen LogP) is 6.64. The van der Waals surface area contributed by atoms with Crippen LogP contribution in [0.4, 0.5) is 5.69 Å². The Morgan fingerprint density at radius 2 is 1.06 bits per heavy atom. The quantitative estimate of drug-likeness (QED) is 0.134. The molecule has 1 saturated heterocycles. The summed E-state index contributed by atoms with van der Waals surface area (Å²) < 4.78 is 22.3. The van der Waals surface area contributed by atoms with E-state index in [2.05, 4.69) is 31.2 Å². The van der Waals surface area contributed by atoms with Crippen LogP contribution in [0, 0.1) is 0 Å². The average Bonchev–Trinajstić information content (AvgIpc) is 3.14. The molecule has 1 aliphatic heterocycles. The number of hydrogen-bond acceptors (Lipinski definition) is 8.